The highest BCUT2D eigenvalue weighted by atomic mass is 32.2. The first kappa shape index (κ1) is 17.3. The van der Waals surface area contributed by atoms with Crippen LogP contribution in [0.2, 0.25) is 0 Å². The summed E-state index contributed by atoms with van der Waals surface area (Å²) in [6.07, 6.45) is -10.2. The Bertz CT molecular complexity index is 657. The van der Waals surface area contributed by atoms with Crippen molar-refractivity contribution in [3.8, 4) is 6.07 Å². The number of nitrogens with zero attached hydrogens (tertiary/aromatic N) is 1. The van der Waals surface area contributed by atoms with Crippen LogP contribution in [0, 0.1) is 17.2 Å². The molecule has 1 unspecified atom stereocenters. The van der Waals surface area contributed by atoms with Crippen molar-refractivity contribution in [2.75, 3.05) is 5.75 Å². The van der Waals surface area contributed by atoms with Crippen molar-refractivity contribution in [3.63, 3.8) is 0 Å². The molecule has 0 amide bonds. The third-order valence-corrected chi connectivity index (χ3v) is 4.26. The Hall–Kier alpha value is -1.76. The van der Waals surface area contributed by atoms with E-state index in [0.717, 1.165) is 18.2 Å². The topological polar surface area (TPSA) is 57.9 Å². The largest absolute Gasteiger partial charge is 0.417 e. The molecule has 0 spiro atoms. The molecule has 1 rings (SSSR count). The van der Waals surface area contributed by atoms with E-state index in [1.807, 2.05) is 0 Å². The van der Waals surface area contributed by atoms with Crippen LogP contribution in [0.5, 0.6) is 0 Å². The van der Waals surface area contributed by atoms with E-state index in [0.29, 0.717) is 12.1 Å². The molecule has 1 aromatic rings. The summed E-state index contributed by atoms with van der Waals surface area (Å²) >= 11 is 0. The number of benzene rings is 1. The molecular weight excluding hydrogens is 324 g/mol. The van der Waals surface area contributed by atoms with Crippen molar-refractivity contribution in [2.45, 2.75) is 17.2 Å². The molecule has 0 aliphatic heterocycles. The molecule has 0 fully saturated rings. The average Bonchev–Trinajstić information content (AvgIpc) is 2.33. The lowest BCUT2D eigenvalue weighted by molar-refractivity contribution is -0.153. The second-order valence-corrected chi connectivity index (χ2v) is 6.00. The fourth-order valence-corrected chi connectivity index (χ4v) is 3.17. The normalized spacial score (nSPS) is 14.5. The summed E-state index contributed by atoms with van der Waals surface area (Å²) in [5.41, 5.74) is -1.57. The SMILES string of the molecule is N#CC(CS(=O)(=O)c1ccccc1C(F)(F)F)C(F)(F)F. The van der Waals surface area contributed by atoms with Gasteiger partial charge in [-0.15, -0.1) is 0 Å². The van der Waals surface area contributed by atoms with E-state index in [4.69, 9.17) is 5.26 Å². The van der Waals surface area contributed by atoms with E-state index in [9.17, 15) is 34.8 Å². The van der Waals surface area contributed by atoms with Gasteiger partial charge in [0, 0.05) is 0 Å². The molecule has 0 N–H and O–H groups in total. The molecule has 0 bridgehead atoms. The Morgan fingerprint density at radius 2 is 1.62 bits per heavy atom. The van der Waals surface area contributed by atoms with Gasteiger partial charge in [0.15, 0.2) is 15.8 Å². The highest BCUT2D eigenvalue weighted by molar-refractivity contribution is 7.91. The van der Waals surface area contributed by atoms with Crippen LogP contribution in [-0.4, -0.2) is 20.3 Å². The van der Waals surface area contributed by atoms with Gasteiger partial charge in [-0.1, -0.05) is 12.1 Å². The van der Waals surface area contributed by atoms with E-state index < -0.39 is 44.3 Å². The monoisotopic (exact) mass is 331 g/mol. The van der Waals surface area contributed by atoms with Gasteiger partial charge in [0.2, 0.25) is 0 Å². The number of hydrogen-bond acceptors (Lipinski definition) is 3. The first-order valence-corrected chi connectivity index (χ1v) is 6.90. The van der Waals surface area contributed by atoms with Gasteiger partial charge in [0.1, 0.15) is 0 Å². The smallest absolute Gasteiger partial charge is 0.224 e. The molecule has 116 valence electrons. The van der Waals surface area contributed by atoms with Gasteiger partial charge in [-0.05, 0) is 12.1 Å². The van der Waals surface area contributed by atoms with Crippen molar-refractivity contribution in [1.82, 2.24) is 0 Å². The maximum absolute atomic E-state index is 12.7. The van der Waals surface area contributed by atoms with Gasteiger partial charge >= 0.3 is 12.4 Å². The summed E-state index contributed by atoms with van der Waals surface area (Å²) in [7, 11) is -4.93. The van der Waals surface area contributed by atoms with Gasteiger partial charge in [0.25, 0.3) is 0 Å². The van der Waals surface area contributed by atoms with Crippen molar-refractivity contribution in [1.29, 1.82) is 5.26 Å². The van der Waals surface area contributed by atoms with Crippen LogP contribution < -0.4 is 0 Å². The van der Waals surface area contributed by atoms with E-state index in [1.165, 1.54) is 0 Å². The van der Waals surface area contributed by atoms with Gasteiger partial charge in [-0.3, -0.25) is 0 Å². The predicted molar refractivity (Wildman–Crippen MR) is 58.7 cm³/mol. The number of sulfone groups is 1. The Kier molecular flexibility index (Phi) is 4.57. The Morgan fingerprint density at radius 1 is 1.10 bits per heavy atom. The zero-order chi connectivity index (χ0) is 16.5. The fraction of sp³-hybridized carbons (Fsp3) is 0.364. The molecule has 0 radical (unpaired) electrons. The maximum Gasteiger partial charge on any atom is 0.417 e. The van der Waals surface area contributed by atoms with Gasteiger partial charge < -0.3 is 0 Å². The minimum absolute atomic E-state index is 0.446. The second-order valence-electron chi connectivity index (χ2n) is 4.00. The number of hydrogen-bond donors (Lipinski definition) is 0. The highest BCUT2D eigenvalue weighted by Crippen LogP contribution is 2.36. The summed E-state index contributed by atoms with van der Waals surface area (Å²) in [4.78, 5) is -1.28. The summed E-state index contributed by atoms with van der Waals surface area (Å²) < 4.78 is 98.7. The number of halogens is 6. The molecule has 1 aromatic carbocycles. The van der Waals surface area contributed by atoms with Crippen molar-refractivity contribution < 1.29 is 34.8 Å². The minimum atomic E-state index is -5.14. The fourth-order valence-electron chi connectivity index (χ4n) is 1.49. The predicted octanol–water partition coefficient (Wildman–Crippen LogP) is 3.18. The highest BCUT2D eigenvalue weighted by Gasteiger charge is 2.45. The third-order valence-electron chi connectivity index (χ3n) is 2.46. The molecule has 10 heteroatoms. The Balaban J connectivity index is 3.31. The first-order valence-electron chi connectivity index (χ1n) is 5.25. The van der Waals surface area contributed by atoms with Crippen LogP contribution in [0.4, 0.5) is 26.3 Å². The van der Waals surface area contributed by atoms with E-state index in [-0.39, 0.29) is 0 Å². The van der Waals surface area contributed by atoms with Crippen LogP contribution in [0.3, 0.4) is 0 Å². The molecule has 0 aliphatic rings. The lowest BCUT2D eigenvalue weighted by Crippen LogP contribution is -2.29. The molecule has 21 heavy (non-hydrogen) atoms. The van der Waals surface area contributed by atoms with Crippen LogP contribution in [0.25, 0.3) is 0 Å². The lowest BCUT2D eigenvalue weighted by atomic mass is 10.2. The summed E-state index contributed by atoms with van der Waals surface area (Å²) in [5, 5.41) is 8.34. The van der Waals surface area contributed by atoms with E-state index in [1.54, 1.807) is 0 Å². The van der Waals surface area contributed by atoms with Crippen molar-refractivity contribution in [3.05, 3.63) is 29.8 Å². The molecule has 0 aromatic heterocycles. The summed E-state index contributed by atoms with van der Waals surface area (Å²) in [6, 6.07) is 3.61. The standard InChI is InChI=1S/C11H7F6NO2S/c12-10(13,14)7(5-18)6-21(19,20)9-4-2-1-3-8(9)11(15,16)17/h1-4,7H,6H2. The zero-order valence-corrected chi connectivity index (χ0v) is 10.9. The van der Waals surface area contributed by atoms with Crippen LogP contribution in [0.15, 0.2) is 29.2 Å². The zero-order valence-electron chi connectivity index (χ0n) is 10.0. The molecule has 3 nitrogen and oxygen atoms in total. The summed E-state index contributed by atoms with van der Waals surface area (Å²) in [6.45, 7) is 0. The second kappa shape index (κ2) is 5.55. The lowest BCUT2D eigenvalue weighted by Gasteiger charge is -2.16. The van der Waals surface area contributed by atoms with Gasteiger partial charge in [-0.25, -0.2) is 8.42 Å². The molecule has 0 aliphatic carbocycles. The number of rotatable bonds is 3. The molecule has 0 heterocycles. The van der Waals surface area contributed by atoms with Gasteiger partial charge in [0.05, 0.1) is 22.3 Å². The molecule has 0 saturated heterocycles. The van der Waals surface area contributed by atoms with Crippen LogP contribution in [0.1, 0.15) is 5.56 Å². The maximum atomic E-state index is 12.7. The minimum Gasteiger partial charge on any atom is -0.224 e. The number of nitriles is 1. The quantitative estimate of drug-likeness (QED) is 0.799. The molecule has 0 saturated carbocycles. The van der Waals surface area contributed by atoms with E-state index >= 15 is 0 Å². The van der Waals surface area contributed by atoms with Crippen molar-refractivity contribution >= 4 is 9.84 Å². The molecular formula is C11H7F6NO2S. The van der Waals surface area contributed by atoms with Crippen LogP contribution >= 0.6 is 0 Å². The third kappa shape index (κ3) is 4.10. The summed E-state index contributed by atoms with van der Waals surface area (Å²) in [5.74, 6) is -4.66. The Labute approximate surface area is 115 Å². The van der Waals surface area contributed by atoms with Crippen LogP contribution in [-0.2, 0) is 16.0 Å². The number of alkyl halides is 6. The Morgan fingerprint density at radius 3 is 2.05 bits per heavy atom. The first-order chi connectivity index (χ1) is 9.39. The van der Waals surface area contributed by atoms with Crippen molar-refractivity contribution in [2.24, 2.45) is 5.92 Å². The molecule has 1 atom stereocenters. The average molecular weight is 331 g/mol. The van der Waals surface area contributed by atoms with Gasteiger partial charge in [-0.2, -0.15) is 31.6 Å². The van der Waals surface area contributed by atoms with E-state index in [2.05, 4.69) is 0 Å².